The number of benzene rings is 2. The van der Waals surface area contributed by atoms with Gasteiger partial charge in [0.25, 0.3) is 0 Å². The predicted molar refractivity (Wildman–Crippen MR) is 99.7 cm³/mol. The summed E-state index contributed by atoms with van der Waals surface area (Å²) < 4.78 is 10.4. The molecule has 4 nitrogen and oxygen atoms in total. The van der Waals surface area contributed by atoms with Gasteiger partial charge in [-0.2, -0.15) is 0 Å². The van der Waals surface area contributed by atoms with Gasteiger partial charge in [0, 0.05) is 29.2 Å². The molecule has 0 saturated carbocycles. The molecule has 2 aromatic carbocycles. The summed E-state index contributed by atoms with van der Waals surface area (Å²) in [6.07, 6.45) is 0.395. The van der Waals surface area contributed by atoms with E-state index >= 15 is 0 Å². The van der Waals surface area contributed by atoms with E-state index in [4.69, 9.17) is 21.1 Å². The molecule has 128 valence electrons. The minimum absolute atomic E-state index is 0.0858. The van der Waals surface area contributed by atoms with Gasteiger partial charge in [-0.25, -0.2) is 0 Å². The molecule has 0 bridgehead atoms. The minimum Gasteiger partial charge on any atom is -0.495 e. The number of carbonyl (C=O) groups excluding carboxylic acids is 1. The maximum absolute atomic E-state index is 12.2. The molecule has 2 aromatic rings. The molecule has 0 aliphatic rings. The van der Waals surface area contributed by atoms with E-state index in [-0.39, 0.29) is 5.91 Å². The monoisotopic (exact) mass is 365 g/mol. The molecular formula is C18H20ClNO3S. The molecule has 2 rings (SSSR count). The van der Waals surface area contributed by atoms with E-state index in [0.29, 0.717) is 34.4 Å². The molecule has 1 N–H and O–H groups in total. The number of hydrogen-bond acceptors (Lipinski definition) is 4. The van der Waals surface area contributed by atoms with E-state index < -0.39 is 0 Å². The highest BCUT2D eigenvalue weighted by Gasteiger charge is 2.12. The molecule has 0 radical (unpaired) electrons. The minimum atomic E-state index is -0.0858. The van der Waals surface area contributed by atoms with Gasteiger partial charge in [-0.05, 0) is 19.1 Å². The first-order valence-electron chi connectivity index (χ1n) is 7.44. The SMILES string of the molecule is COc1cc(NC(=O)CCSc2ccc(C)cc2)c(OC)cc1Cl. The number of hydrogen-bond donors (Lipinski definition) is 1. The average Bonchev–Trinajstić information content (AvgIpc) is 2.57. The van der Waals surface area contributed by atoms with Crippen LogP contribution in [-0.4, -0.2) is 25.9 Å². The molecule has 0 unspecified atom stereocenters. The van der Waals surface area contributed by atoms with Gasteiger partial charge < -0.3 is 14.8 Å². The molecule has 1 amide bonds. The van der Waals surface area contributed by atoms with Crippen LogP contribution in [0.3, 0.4) is 0 Å². The van der Waals surface area contributed by atoms with Crippen molar-refractivity contribution in [2.24, 2.45) is 0 Å². The zero-order valence-corrected chi connectivity index (χ0v) is 15.5. The maximum Gasteiger partial charge on any atom is 0.225 e. The van der Waals surface area contributed by atoms with Crippen molar-refractivity contribution in [3.05, 3.63) is 47.0 Å². The molecule has 0 saturated heterocycles. The molecule has 0 atom stereocenters. The van der Waals surface area contributed by atoms with Crippen molar-refractivity contribution in [2.75, 3.05) is 25.3 Å². The van der Waals surface area contributed by atoms with Crippen molar-refractivity contribution >= 4 is 35.0 Å². The maximum atomic E-state index is 12.2. The largest absolute Gasteiger partial charge is 0.495 e. The zero-order chi connectivity index (χ0) is 17.5. The van der Waals surface area contributed by atoms with E-state index in [1.807, 2.05) is 0 Å². The molecule has 0 spiro atoms. The first-order valence-corrected chi connectivity index (χ1v) is 8.80. The fourth-order valence-electron chi connectivity index (χ4n) is 2.07. The number of rotatable bonds is 7. The molecule has 24 heavy (non-hydrogen) atoms. The van der Waals surface area contributed by atoms with Crippen molar-refractivity contribution < 1.29 is 14.3 Å². The molecule has 0 heterocycles. The van der Waals surface area contributed by atoms with E-state index in [1.165, 1.54) is 19.8 Å². The topological polar surface area (TPSA) is 47.6 Å². The van der Waals surface area contributed by atoms with Crippen LogP contribution in [0.1, 0.15) is 12.0 Å². The lowest BCUT2D eigenvalue weighted by Gasteiger charge is -2.13. The van der Waals surface area contributed by atoms with Crippen LogP contribution in [0.2, 0.25) is 5.02 Å². The summed E-state index contributed by atoms with van der Waals surface area (Å²) in [5, 5.41) is 3.28. The normalized spacial score (nSPS) is 10.3. The van der Waals surface area contributed by atoms with E-state index in [0.717, 1.165) is 4.90 Å². The Kier molecular flexibility index (Phi) is 6.82. The van der Waals surface area contributed by atoms with Crippen LogP contribution < -0.4 is 14.8 Å². The van der Waals surface area contributed by atoms with Crippen LogP contribution in [0.25, 0.3) is 0 Å². The first kappa shape index (κ1) is 18.5. The van der Waals surface area contributed by atoms with E-state index in [1.54, 1.807) is 23.9 Å². The lowest BCUT2D eigenvalue weighted by molar-refractivity contribution is -0.115. The molecule has 6 heteroatoms. The summed E-state index contributed by atoms with van der Waals surface area (Å²) in [6, 6.07) is 11.5. The van der Waals surface area contributed by atoms with Gasteiger partial charge in [0.15, 0.2) is 0 Å². The van der Waals surface area contributed by atoms with Crippen molar-refractivity contribution in [1.82, 2.24) is 0 Å². The standard InChI is InChI=1S/C18H20ClNO3S/c1-12-4-6-13(7-5-12)24-9-8-18(21)20-15-11-16(22-2)14(19)10-17(15)23-3/h4-7,10-11H,8-9H2,1-3H3,(H,20,21). The Bertz CT molecular complexity index is 704. The van der Waals surface area contributed by atoms with Crippen LogP contribution in [0.15, 0.2) is 41.3 Å². The molecular weight excluding hydrogens is 346 g/mol. The van der Waals surface area contributed by atoms with Crippen LogP contribution in [0, 0.1) is 6.92 Å². The van der Waals surface area contributed by atoms with Gasteiger partial charge in [0.05, 0.1) is 24.9 Å². The Morgan fingerprint density at radius 3 is 2.42 bits per heavy atom. The smallest absolute Gasteiger partial charge is 0.225 e. The summed E-state index contributed by atoms with van der Waals surface area (Å²) in [5.41, 5.74) is 1.77. The van der Waals surface area contributed by atoms with E-state index in [9.17, 15) is 4.79 Å². The number of halogens is 1. The Balaban J connectivity index is 1.93. The Labute approximate surface area is 151 Å². The van der Waals surface area contributed by atoms with Gasteiger partial charge >= 0.3 is 0 Å². The molecule has 0 fully saturated rings. The first-order chi connectivity index (χ1) is 11.5. The lowest BCUT2D eigenvalue weighted by Crippen LogP contribution is -2.13. The number of aryl methyl sites for hydroxylation is 1. The van der Waals surface area contributed by atoms with Crippen molar-refractivity contribution in [3.8, 4) is 11.5 Å². The Morgan fingerprint density at radius 1 is 1.12 bits per heavy atom. The fraction of sp³-hybridized carbons (Fsp3) is 0.278. The highest BCUT2D eigenvalue weighted by molar-refractivity contribution is 7.99. The number of carbonyl (C=O) groups is 1. The third kappa shape index (κ3) is 5.08. The summed E-state index contributed by atoms with van der Waals surface area (Å²) >= 11 is 7.71. The lowest BCUT2D eigenvalue weighted by atomic mass is 10.2. The quantitative estimate of drug-likeness (QED) is 0.717. The number of nitrogens with one attached hydrogen (secondary N) is 1. The van der Waals surface area contributed by atoms with Gasteiger partial charge in [-0.1, -0.05) is 29.3 Å². The summed E-state index contributed by atoms with van der Waals surface area (Å²) in [6.45, 7) is 2.05. The third-order valence-corrected chi connectivity index (χ3v) is 4.68. The van der Waals surface area contributed by atoms with E-state index in [2.05, 4.69) is 36.5 Å². The second-order valence-electron chi connectivity index (χ2n) is 5.15. The Morgan fingerprint density at radius 2 is 1.79 bits per heavy atom. The Hall–Kier alpha value is -1.85. The highest BCUT2D eigenvalue weighted by Crippen LogP contribution is 2.36. The second-order valence-corrected chi connectivity index (χ2v) is 6.72. The molecule has 0 aliphatic heterocycles. The number of anilines is 1. The fourth-order valence-corrected chi connectivity index (χ4v) is 3.15. The van der Waals surface area contributed by atoms with Gasteiger partial charge in [-0.3, -0.25) is 4.79 Å². The number of amides is 1. The summed E-state index contributed by atoms with van der Waals surface area (Å²) in [4.78, 5) is 13.3. The van der Waals surface area contributed by atoms with Crippen LogP contribution in [0.5, 0.6) is 11.5 Å². The second kappa shape index (κ2) is 8.85. The summed E-state index contributed by atoms with van der Waals surface area (Å²) in [7, 11) is 3.05. The predicted octanol–water partition coefficient (Wildman–Crippen LogP) is 4.79. The molecule has 0 aromatic heterocycles. The third-order valence-electron chi connectivity index (χ3n) is 3.37. The number of methoxy groups -OCH3 is 2. The van der Waals surface area contributed by atoms with Crippen molar-refractivity contribution in [2.45, 2.75) is 18.2 Å². The van der Waals surface area contributed by atoms with Gasteiger partial charge in [0.1, 0.15) is 11.5 Å². The van der Waals surface area contributed by atoms with Gasteiger partial charge in [0.2, 0.25) is 5.91 Å². The average molecular weight is 366 g/mol. The number of thioether (sulfide) groups is 1. The zero-order valence-electron chi connectivity index (χ0n) is 13.9. The number of ether oxygens (including phenoxy) is 2. The van der Waals surface area contributed by atoms with Crippen molar-refractivity contribution in [1.29, 1.82) is 0 Å². The summed E-state index contributed by atoms with van der Waals surface area (Å²) in [5.74, 6) is 1.60. The highest BCUT2D eigenvalue weighted by atomic mass is 35.5. The van der Waals surface area contributed by atoms with Crippen LogP contribution >= 0.6 is 23.4 Å². The van der Waals surface area contributed by atoms with Crippen LogP contribution in [0.4, 0.5) is 5.69 Å². The van der Waals surface area contributed by atoms with Crippen molar-refractivity contribution in [3.63, 3.8) is 0 Å². The van der Waals surface area contributed by atoms with Gasteiger partial charge in [-0.15, -0.1) is 11.8 Å². The molecule has 0 aliphatic carbocycles. The van der Waals surface area contributed by atoms with Crippen LogP contribution in [-0.2, 0) is 4.79 Å².